The summed E-state index contributed by atoms with van der Waals surface area (Å²) < 4.78 is 5.25. The molecule has 1 fully saturated rings. The van der Waals surface area contributed by atoms with Gasteiger partial charge in [-0.05, 0) is 48.4 Å². The van der Waals surface area contributed by atoms with Crippen LogP contribution in [0.5, 0.6) is 5.75 Å². The van der Waals surface area contributed by atoms with Crippen LogP contribution in [0.2, 0.25) is 0 Å². The molecule has 0 bridgehead atoms. The van der Waals surface area contributed by atoms with Crippen molar-refractivity contribution in [2.75, 3.05) is 26.7 Å². The molecule has 0 aromatic heterocycles. The van der Waals surface area contributed by atoms with Crippen molar-refractivity contribution in [1.82, 2.24) is 10.6 Å². The summed E-state index contributed by atoms with van der Waals surface area (Å²) in [5, 5.41) is 16.2. The number of ether oxygens (including phenoxy) is 1. The Morgan fingerprint density at radius 2 is 2.00 bits per heavy atom. The number of carbonyl (C=O) groups excluding carboxylic acids is 1. The Hall–Kier alpha value is -2.37. The highest BCUT2D eigenvalue weighted by atomic mass is 16.5. The van der Waals surface area contributed by atoms with Gasteiger partial charge in [-0.3, -0.25) is 4.79 Å². The van der Waals surface area contributed by atoms with Crippen LogP contribution in [0.3, 0.4) is 0 Å². The van der Waals surface area contributed by atoms with E-state index in [1.54, 1.807) is 13.2 Å². The summed E-state index contributed by atoms with van der Waals surface area (Å²) in [5.74, 6) is 0.596. The maximum Gasteiger partial charge on any atom is 0.251 e. The standard InChI is InChI=1S/C19H22N2O3/c1-24-17-7-3-5-15(11-17)14-4-2-6-16(10-14)18(22)21-13-19(23)8-9-20-12-19/h2-7,10-11,20,23H,8-9,12-13H2,1H3,(H,21,22)/t19-/m1/s1. The molecule has 0 radical (unpaired) electrons. The van der Waals surface area contributed by atoms with E-state index in [1.807, 2.05) is 42.5 Å². The zero-order chi connectivity index (χ0) is 17.0. The first-order valence-electron chi connectivity index (χ1n) is 8.05. The van der Waals surface area contributed by atoms with Gasteiger partial charge in [-0.25, -0.2) is 0 Å². The van der Waals surface area contributed by atoms with Crippen LogP contribution in [0, 0.1) is 0 Å². The molecule has 0 saturated carbocycles. The predicted molar refractivity (Wildman–Crippen MR) is 93.2 cm³/mol. The van der Waals surface area contributed by atoms with Gasteiger partial charge in [-0.2, -0.15) is 0 Å². The Morgan fingerprint density at radius 3 is 2.71 bits per heavy atom. The molecule has 5 heteroatoms. The van der Waals surface area contributed by atoms with Crippen LogP contribution < -0.4 is 15.4 Å². The average molecular weight is 326 g/mol. The van der Waals surface area contributed by atoms with Gasteiger partial charge in [0.25, 0.3) is 5.91 Å². The number of β-amino-alcohol motifs (C(OH)–C–C–N with tert-alkyl or cyclic N) is 1. The Bertz CT molecular complexity index is 724. The fourth-order valence-corrected chi connectivity index (χ4v) is 2.87. The summed E-state index contributed by atoms with van der Waals surface area (Å²) in [7, 11) is 1.63. The van der Waals surface area contributed by atoms with Crippen molar-refractivity contribution >= 4 is 5.91 Å². The zero-order valence-corrected chi connectivity index (χ0v) is 13.7. The van der Waals surface area contributed by atoms with Crippen molar-refractivity contribution in [3.05, 3.63) is 54.1 Å². The lowest BCUT2D eigenvalue weighted by molar-refractivity contribution is 0.0562. The van der Waals surface area contributed by atoms with E-state index in [2.05, 4.69) is 10.6 Å². The minimum Gasteiger partial charge on any atom is -0.497 e. The highest BCUT2D eigenvalue weighted by Crippen LogP contribution is 2.24. The Balaban J connectivity index is 1.73. The molecule has 2 aromatic rings. The minimum absolute atomic E-state index is 0.180. The molecule has 0 aliphatic carbocycles. The van der Waals surface area contributed by atoms with Gasteiger partial charge in [0.05, 0.1) is 12.7 Å². The van der Waals surface area contributed by atoms with Crippen molar-refractivity contribution in [3.8, 4) is 16.9 Å². The maximum atomic E-state index is 12.4. The van der Waals surface area contributed by atoms with Crippen LogP contribution in [-0.2, 0) is 0 Å². The van der Waals surface area contributed by atoms with Crippen molar-refractivity contribution < 1.29 is 14.6 Å². The van der Waals surface area contributed by atoms with Gasteiger partial charge >= 0.3 is 0 Å². The number of carbonyl (C=O) groups is 1. The largest absolute Gasteiger partial charge is 0.497 e. The van der Waals surface area contributed by atoms with Crippen LogP contribution in [0.25, 0.3) is 11.1 Å². The van der Waals surface area contributed by atoms with Crippen molar-refractivity contribution in [1.29, 1.82) is 0 Å². The first-order chi connectivity index (χ1) is 11.6. The fourth-order valence-electron chi connectivity index (χ4n) is 2.87. The van der Waals surface area contributed by atoms with Gasteiger partial charge in [0.15, 0.2) is 0 Å². The third kappa shape index (κ3) is 3.75. The van der Waals surface area contributed by atoms with Crippen LogP contribution in [0.1, 0.15) is 16.8 Å². The number of aliphatic hydroxyl groups is 1. The predicted octanol–water partition coefficient (Wildman–Crippen LogP) is 1.82. The van der Waals surface area contributed by atoms with E-state index < -0.39 is 5.60 Å². The summed E-state index contributed by atoms with van der Waals surface area (Å²) >= 11 is 0. The number of nitrogens with one attached hydrogen (secondary N) is 2. The van der Waals surface area contributed by atoms with E-state index in [0.29, 0.717) is 18.5 Å². The number of benzene rings is 2. The molecule has 1 atom stereocenters. The number of amides is 1. The molecule has 0 unspecified atom stereocenters. The lowest BCUT2D eigenvalue weighted by Gasteiger charge is -2.21. The van der Waals surface area contributed by atoms with Crippen LogP contribution >= 0.6 is 0 Å². The fraction of sp³-hybridized carbons (Fsp3) is 0.316. The normalized spacial score (nSPS) is 19.9. The van der Waals surface area contributed by atoms with Gasteiger partial charge in [0, 0.05) is 18.7 Å². The molecule has 24 heavy (non-hydrogen) atoms. The average Bonchev–Trinajstić information content (AvgIpc) is 3.07. The molecule has 0 spiro atoms. The van der Waals surface area contributed by atoms with Crippen molar-refractivity contribution in [2.45, 2.75) is 12.0 Å². The highest BCUT2D eigenvalue weighted by Gasteiger charge is 2.31. The molecule has 1 aliphatic rings. The third-order valence-electron chi connectivity index (χ3n) is 4.33. The van der Waals surface area contributed by atoms with Gasteiger partial charge in [0.1, 0.15) is 5.75 Å². The molecule has 1 aliphatic heterocycles. The first kappa shape index (κ1) is 16.5. The molecule has 3 rings (SSSR count). The molecular weight excluding hydrogens is 304 g/mol. The second-order valence-corrected chi connectivity index (χ2v) is 6.15. The van der Waals surface area contributed by atoms with Crippen molar-refractivity contribution in [3.63, 3.8) is 0 Å². The van der Waals surface area contributed by atoms with E-state index in [0.717, 1.165) is 23.4 Å². The SMILES string of the molecule is COc1cccc(-c2cccc(C(=O)NC[C@@]3(O)CCNC3)c2)c1. The second kappa shape index (κ2) is 7.03. The Kier molecular flexibility index (Phi) is 4.83. The van der Waals surface area contributed by atoms with Crippen LogP contribution in [0.15, 0.2) is 48.5 Å². The number of hydrogen-bond donors (Lipinski definition) is 3. The van der Waals surface area contributed by atoms with Gasteiger partial charge in [0.2, 0.25) is 0 Å². The van der Waals surface area contributed by atoms with Crippen LogP contribution in [0.4, 0.5) is 0 Å². The van der Waals surface area contributed by atoms with E-state index in [9.17, 15) is 9.90 Å². The molecule has 1 saturated heterocycles. The van der Waals surface area contributed by atoms with Gasteiger partial charge < -0.3 is 20.5 Å². The van der Waals surface area contributed by atoms with E-state index in [-0.39, 0.29) is 12.5 Å². The Labute approximate surface area is 141 Å². The quantitative estimate of drug-likeness (QED) is 0.784. The van der Waals surface area contributed by atoms with Crippen molar-refractivity contribution in [2.24, 2.45) is 0 Å². The smallest absolute Gasteiger partial charge is 0.251 e. The molecule has 1 heterocycles. The number of hydrogen-bond acceptors (Lipinski definition) is 4. The van der Waals surface area contributed by atoms with E-state index in [1.165, 1.54) is 0 Å². The zero-order valence-electron chi connectivity index (χ0n) is 13.7. The van der Waals surface area contributed by atoms with Gasteiger partial charge in [-0.1, -0.05) is 24.3 Å². The lowest BCUT2D eigenvalue weighted by atomic mass is 10.0. The molecule has 5 nitrogen and oxygen atoms in total. The summed E-state index contributed by atoms with van der Waals surface area (Å²) in [5.41, 5.74) is 1.66. The van der Waals surface area contributed by atoms with E-state index >= 15 is 0 Å². The summed E-state index contributed by atoms with van der Waals surface area (Å²) in [6.45, 7) is 1.54. The molecule has 2 aromatic carbocycles. The summed E-state index contributed by atoms with van der Waals surface area (Å²) in [4.78, 5) is 12.4. The third-order valence-corrected chi connectivity index (χ3v) is 4.33. The highest BCUT2D eigenvalue weighted by molar-refractivity contribution is 5.95. The lowest BCUT2D eigenvalue weighted by Crippen LogP contribution is -2.44. The Morgan fingerprint density at radius 1 is 1.25 bits per heavy atom. The number of methoxy groups -OCH3 is 1. The maximum absolute atomic E-state index is 12.4. The topological polar surface area (TPSA) is 70.6 Å². The van der Waals surface area contributed by atoms with Gasteiger partial charge in [-0.15, -0.1) is 0 Å². The number of rotatable bonds is 5. The second-order valence-electron chi connectivity index (χ2n) is 6.15. The molecular formula is C19H22N2O3. The molecule has 126 valence electrons. The molecule has 1 amide bonds. The monoisotopic (exact) mass is 326 g/mol. The summed E-state index contributed by atoms with van der Waals surface area (Å²) in [6, 6.07) is 15.2. The van der Waals surface area contributed by atoms with E-state index in [4.69, 9.17) is 4.74 Å². The first-order valence-corrected chi connectivity index (χ1v) is 8.05. The van der Waals surface area contributed by atoms with Crippen LogP contribution in [-0.4, -0.2) is 43.4 Å². The molecule has 3 N–H and O–H groups in total. The summed E-state index contributed by atoms with van der Waals surface area (Å²) in [6.07, 6.45) is 0.650. The minimum atomic E-state index is -0.847.